The van der Waals surface area contributed by atoms with Gasteiger partial charge in [-0.2, -0.15) is 10.2 Å². The van der Waals surface area contributed by atoms with Crippen molar-refractivity contribution < 1.29 is 4.79 Å². The van der Waals surface area contributed by atoms with Crippen molar-refractivity contribution in [1.29, 1.82) is 0 Å². The standard InChI is InChI=1S/C21H29N5O/c1-15(2)25-10-12-26(13-11-25)19-14-22-23-20(16(19)3)17-6-8-18(9-7-17)21(27)24(4)5/h6-9,14-15H,10-13H2,1-5H3. The lowest BCUT2D eigenvalue weighted by molar-refractivity contribution is 0.0827. The Bertz CT molecular complexity index is 793. The fourth-order valence-electron chi connectivity index (χ4n) is 3.54. The fourth-order valence-corrected chi connectivity index (χ4v) is 3.54. The van der Waals surface area contributed by atoms with Crippen LogP contribution in [0.15, 0.2) is 30.5 Å². The average Bonchev–Trinajstić information content (AvgIpc) is 2.68. The Kier molecular flexibility index (Phi) is 5.75. The molecule has 1 aromatic heterocycles. The van der Waals surface area contributed by atoms with Gasteiger partial charge >= 0.3 is 0 Å². The Morgan fingerprint density at radius 1 is 1.07 bits per heavy atom. The van der Waals surface area contributed by atoms with Gasteiger partial charge in [0.05, 0.1) is 17.6 Å². The maximum atomic E-state index is 12.1. The van der Waals surface area contributed by atoms with Crippen molar-refractivity contribution in [3.05, 3.63) is 41.6 Å². The van der Waals surface area contributed by atoms with E-state index in [9.17, 15) is 4.79 Å². The van der Waals surface area contributed by atoms with Crippen molar-refractivity contribution in [2.75, 3.05) is 45.2 Å². The summed E-state index contributed by atoms with van der Waals surface area (Å²) in [5, 5.41) is 8.63. The number of hydrogen-bond donors (Lipinski definition) is 0. The molecule has 0 radical (unpaired) electrons. The van der Waals surface area contributed by atoms with Crippen LogP contribution >= 0.6 is 0 Å². The summed E-state index contributed by atoms with van der Waals surface area (Å²) in [7, 11) is 3.52. The third-order valence-electron chi connectivity index (χ3n) is 5.27. The van der Waals surface area contributed by atoms with Crippen LogP contribution in [0.4, 0.5) is 5.69 Å². The molecule has 6 nitrogen and oxygen atoms in total. The monoisotopic (exact) mass is 367 g/mol. The number of hydrogen-bond acceptors (Lipinski definition) is 5. The van der Waals surface area contributed by atoms with Crippen molar-refractivity contribution in [2.45, 2.75) is 26.8 Å². The summed E-state index contributed by atoms with van der Waals surface area (Å²) < 4.78 is 0. The highest BCUT2D eigenvalue weighted by molar-refractivity contribution is 5.94. The zero-order valence-corrected chi connectivity index (χ0v) is 16.9. The van der Waals surface area contributed by atoms with Gasteiger partial charge in [-0.25, -0.2) is 0 Å². The second-order valence-corrected chi connectivity index (χ2v) is 7.60. The quantitative estimate of drug-likeness (QED) is 0.832. The first-order chi connectivity index (χ1) is 12.9. The molecule has 0 atom stereocenters. The number of piperazine rings is 1. The molecule has 27 heavy (non-hydrogen) atoms. The van der Waals surface area contributed by atoms with Crippen LogP contribution in [0.1, 0.15) is 29.8 Å². The Hall–Kier alpha value is -2.47. The summed E-state index contributed by atoms with van der Waals surface area (Å²) in [5.41, 5.74) is 4.82. The van der Waals surface area contributed by atoms with E-state index in [0.717, 1.165) is 48.7 Å². The largest absolute Gasteiger partial charge is 0.367 e. The molecule has 0 spiro atoms. The van der Waals surface area contributed by atoms with Gasteiger partial charge in [-0.1, -0.05) is 12.1 Å². The zero-order valence-electron chi connectivity index (χ0n) is 16.9. The molecule has 1 aliphatic rings. The second-order valence-electron chi connectivity index (χ2n) is 7.60. The van der Waals surface area contributed by atoms with Gasteiger partial charge in [-0.05, 0) is 32.9 Å². The molecule has 0 N–H and O–H groups in total. The van der Waals surface area contributed by atoms with E-state index in [0.29, 0.717) is 11.6 Å². The van der Waals surface area contributed by atoms with Crippen molar-refractivity contribution in [3.63, 3.8) is 0 Å². The van der Waals surface area contributed by atoms with E-state index >= 15 is 0 Å². The Morgan fingerprint density at radius 3 is 2.26 bits per heavy atom. The minimum absolute atomic E-state index is 0.00105. The first-order valence-electron chi connectivity index (χ1n) is 9.52. The highest BCUT2D eigenvalue weighted by atomic mass is 16.2. The minimum Gasteiger partial charge on any atom is -0.367 e. The number of carbonyl (C=O) groups is 1. The van der Waals surface area contributed by atoms with Crippen LogP contribution < -0.4 is 4.90 Å². The van der Waals surface area contributed by atoms with Crippen LogP contribution in [-0.2, 0) is 0 Å². The molecule has 1 aromatic carbocycles. The van der Waals surface area contributed by atoms with Crippen LogP contribution in [0.25, 0.3) is 11.3 Å². The minimum atomic E-state index is 0.00105. The third-order valence-corrected chi connectivity index (χ3v) is 5.27. The van der Waals surface area contributed by atoms with Crippen LogP contribution in [0.5, 0.6) is 0 Å². The van der Waals surface area contributed by atoms with Crippen molar-refractivity contribution in [2.24, 2.45) is 0 Å². The second kappa shape index (κ2) is 8.05. The SMILES string of the molecule is Cc1c(N2CCN(C(C)C)CC2)cnnc1-c1ccc(C(=O)N(C)C)cc1. The van der Waals surface area contributed by atoms with Gasteiger partial charge in [0.25, 0.3) is 5.91 Å². The van der Waals surface area contributed by atoms with Gasteiger partial charge in [0, 0.05) is 63.0 Å². The van der Waals surface area contributed by atoms with E-state index in [1.54, 1.807) is 19.0 Å². The van der Waals surface area contributed by atoms with E-state index < -0.39 is 0 Å². The molecule has 1 amide bonds. The van der Waals surface area contributed by atoms with Gasteiger partial charge in [-0.15, -0.1) is 0 Å². The van der Waals surface area contributed by atoms with Gasteiger partial charge in [0.2, 0.25) is 0 Å². The molecule has 3 rings (SSSR count). The molecular formula is C21H29N5O. The summed E-state index contributed by atoms with van der Waals surface area (Å²) >= 11 is 0. The van der Waals surface area contributed by atoms with Crippen LogP contribution in [-0.4, -0.2) is 72.2 Å². The zero-order chi connectivity index (χ0) is 19.6. The van der Waals surface area contributed by atoms with Gasteiger partial charge < -0.3 is 9.80 Å². The smallest absolute Gasteiger partial charge is 0.253 e. The number of amides is 1. The maximum absolute atomic E-state index is 12.1. The summed E-state index contributed by atoms with van der Waals surface area (Å²) in [4.78, 5) is 18.6. The first kappa shape index (κ1) is 19.3. The highest BCUT2D eigenvalue weighted by Gasteiger charge is 2.21. The van der Waals surface area contributed by atoms with Crippen molar-refractivity contribution >= 4 is 11.6 Å². The lowest BCUT2D eigenvalue weighted by Crippen LogP contribution is -2.49. The average molecular weight is 367 g/mol. The number of rotatable bonds is 4. The first-order valence-corrected chi connectivity index (χ1v) is 9.52. The van der Waals surface area contributed by atoms with Crippen molar-refractivity contribution in [1.82, 2.24) is 20.0 Å². The Morgan fingerprint density at radius 2 is 1.70 bits per heavy atom. The van der Waals surface area contributed by atoms with Crippen LogP contribution in [0, 0.1) is 6.92 Å². The molecule has 0 bridgehead atoms. The summed E-state index contributed by atoms with van der Waals surface area (Å²) in [6.45, 7) is 10.7. The Balaban J connectivity index is 1.82. The van der Waals surface area contributed by atoms with E-state index in [1.807, 2.05) is 30.5 Å². The summed E-state index contributed by atoms with van der Waals surface area (Å²) in [6.07, 6.45) is 1.87. The molecule has 0 unspecified atom stereocenters. The number of nitrogens with zero attached hydrogens (tertiary/aromatic N) is 5. The third kappa shape index (κ3) is 4.11. The molecule has 144 valence electrons. The molecule has 1 fully saturated rings. The molecular weight excluding hydrogens is 338 g/mol. The van der Waals surface area contributed by atoms with Crippen LogP contribution in [0.2, 0.25) is 0 Å². The maximum Gasteiger partial charge on any atom is 0.253 e. The normalized spacial score (nSPS) is 15.3. The lowest BCUT2D eigenvalue weighted by atomic mass is 10.0. The van der Waals surface area contributed by atoms with Crippen molar-refractivity contribution in [3.8, 4) is 11.3 Å². The molecule has 6 heteroatoms. The fraction of sp³-hybridized carbons (Fsp3) is 0.476. The summed E-state index contributed by atoms with van der Waals surface area (Å²) in [6, 6.07) is 8.20. The highest BCUT2D eigenvalue weighted by Crippen LogP contribution is 2.29. The molecule has 2 aromatic rings. The number of carbonyl (C=O) groups excluding carboxylic acids is 1. The van der Waals surface area contributed by atoms with Gasteiger partial charge in [-0.3, -0.25) is 9.69 Å². The molecule has 1 aliphatic heterocycles. The topological polar surface area (TPSA) is 52.6 Å². The molecule has 1 saturated heterocycles. The van der Waals surface area contributed by atoms with Gasteiger partial charge in [0.1, 0.15) is 0 Å². The Labute approximate surface area is 161 Å². The van der Waals surface area contributed by atoms with E-state index in [1.165, 1.54) is 0 Å². The predicted molar refractivity (Wildman–Crippen MR) is 109 cm³/mol. The van der Waals surface area contributed by atoms with E-state index in [2.05, 4.69) is 40.8 Å². The number of benzene rings is 1. The van der Waals surface area contributed by atoms with E-state index in [-0.39, 0.29) is 5.91 Å². The van der Waals surface area contributed by atoms with Gasteiger partial charge in [0.15, 0.2) is 0 Å². The predicted octanol–water partition coefficient (Wildman–Crippen LogP) is 2.68. The molecule has 0 saturated carbocycles. The van der Waals surface area contributed by atoms with E-state index in [4.69, 9.17) is 0 Å². The summed E-state index contributed by atoms with van der Waals surface area (Å²) in [5.74, 6) is 0.00105. The number of anilines is 1. The lowest BCUT2D eigenvalue weighted by Gasteiger charge is -2.38. The van der Waals surface area contributed by atoms with Crippen LogP contribution in [0.3, 0.4) is 0 Å². The number of aromatic nitrogens is 2. The molecule has 2 heterocycles. The molecule has 0 aliphatic carbocycles.